The molecule has 1 fully saturated rings. The van der Waals surface area contributed by atoms with Crippen molar-refractivity contribution in [2.45, 2.75) is 59.7 Å². The van der Waals surface area contributed by atoms with Gasteiger partial charge in [-0.3, -0.25) is 4.79 Å². The molecule has 86 valence electrons. The SMILES string of the molecule is CC.CC(=O)C1CC(F)CN1.CCC. The van der Waals surface area contributed by atoms with Gasteiger partial charge in [-0.1, -0.05) is 34.1 Å². The fourth-order valence-corrected chi connectivity index (χ4v) is 1.00. The van der Waals surface area contributed by atoms with Crippen LogP contribution in [0.15, 0.2) is 0 Å². The average molecular weight is 205 g/mol. The molecule has 0 aromatic carbocycles. The summed E-state index contributed by atoms with van der Waals surface area (Å²) in [5, 5.41) is 2.78. The highest BCUT2D eigenvalue weighted by Crippen LogP contribution is 2.09. The number of carbonyl (C=O) groups is 1. The number of carbonyl (C=O) groups excluding carboxylic acids is 1. The second-order valence-corrected chi connectivity index (χ2v) is 3.11. The molecule has 3 heteroatoms. The van der Waals surface area contributed by atoms with Crippen LogP contribution in [0, 0.1) is 0 Å². The molecule has 1 aliphatic heterocycles. The summed E-state index contributed by atoms with van der Waals surface area (Å²) in [5.74, 6) is 0.0372. The predicted molar refractivity (Wildman–Crippen MR) is 59.3 cm³/mol. The molecule has 0 aromatic rings. The van der Waals surface area contributed by atoms with E-state index in [1.807, 2.05) is 13.8 Å². The van der Waals surface area contributed by atoms with Gasteiger partial charge in [0.2, 0.25) is 0 Å². The molecule has 1 N–H and O–H groups in total. The van der Waals surface area contributed by atoms with E-state index in [1.165, 1.54) is 13.3 Å². The van der Waals surface area contributed by atoms with Gasteiger partial charge in [-0.05, 0) is 6.92 Å². The second kappa shape index (κ2) is 10.6. The zero-order chi connectivity index (χ0) is 11.6. The van der Waals surface area contributed by atoms with Gasteiger partial charge < -0.3 is 5.32 Å². The van der Waals surface area contributed by atoms with Crippen molar-refractivity contribution in [2.24, 2.45) is 0 Å². The monoisotopic (exact) mass is 205 g/mol. The standard InChI is InChI=1S/C6H10FNO.C3H8.C2H6/c1-4(9)6-2-5(7)3-8-6;1-3-2;1-2/h5-6,8H,2-3H2,1H3;3H2,1-2H3;1-2H3. The van der Waals surface area contributed by atoms with Gasteiger partial charge in [0.05, 0.1) is 6.04 Å². The molecule has 14 heavy (non-hydrogen) atoms. The number of rotatable bonds is 1. The van der Waals surface area contributed by atoms with Gasteiger partial charge in [-0.2, -0.15) is 0 Å². The van der Waals surface area contributed by atoms with E-state index < -0.39 is 6.17 Å². The molecule has 0 saturated carbocycles. The first-order valence-electron chi connectivity index (χ1n) is 5.49. The van der Waals surface area contributed by atoms with Gasteiger partial charge >= 0.3 is 0 Å². The highest BCUT2D eigenvalue weighted by Gasteiger charge is 2.26. The summed E-state index contributed by atoms with van der Waals surface area (Å²) in [4.78, 5) is 10.6. The number of ketones is 1. The van der Waals surface area contributed by atoms with Crippen LogP contribution in [0.1, 0.15) is 47.5 Å². The van der Waals surface area contributed by atoms with E-state index in [0.29, 0.717) is 13.0 Å². The average Bonchev–Trinajstić information content (AvgIpc) is 2.57. The van der Waals surface area contributed by atoms with Crippen LogP contribution in [0.5, 0.6) is 0 Å². The second-order valence-electron chi connectivity index (χ2n) is 3.11. The van der Waals surface area contributed by atoms with E-state index in [9.17, 15) is 9.18 Å². The van der Waals surface area contributed by atoms with Crippen molar-refractivity contribution in [1.82, 2.24) is 5.32 Å². The van der Waals surface area contributed by atoms with E-state index >= 15 is 0 Å². The highest BCUT2D eigenvalue weighted by molar-refractivity contribution is 5.81. The Hall–Kier alpha value is -0.440. The number of halogens is 1. The molecule has 1 saturated heterocycles. The Labute approximate surface area is 87.3 Å². The molecule has 0 aliphatic carbocycles. The van der Waals surface area contributed by atoms with Crippen LogP contribution < -0.4 is 5.32 Å². The van der Waals surface area contributed by atoms with E-state index in [4.69, 9.17) is 0 Å². The third-order valence-electron chi connectivity index (χ3n) is 1.57. The molecule has 2 unspecified atom stereocenters. The first-order chi connectivity index (χ1) is 6.61. The number of nitrogens with one attached hydrogen (secondary N) is 1. The molecule has 0 spiro atoms. The first-order valence-corrected chi connectivity index (χ1v) is 5.49. The van der Waals surface area contributed by atoms with Gasteiger partial charge in [0.1, 0.15) is 12.0 Å². The van der Waals surface area contributed by atoms with Crippen molar-refractivity contribution in [3.63, 3.8) is 0 Å². The van der Waals surface area contributed by atoms with Crippen molar-refractivity contribution in [3.05, 3.63) is 0 Å². The van der Waals surface area contributed by atoms with Gasteiger partial charge in [0.15, 0.2) is 0 Å². The topological polar surface area (TPSA) is 29.1 Å². The first kappa shape index (κ1) is 16.0. The fraction of sp³-hybridized carbons (Fsp3) is 0.909. The largest absolute Gasteiger partial charge is 0.304 e. The Morgan fingerprint density at radius 2 is 1.86 bits per heavy atom. The van der Waals surface area contributed by atoms with Crippen LogP contribution in [-0.4, -0.2) is 24.5 Å². The molecule has 2 atom stereocenters. The highest BCUT2D eigenvalue weighted by atomic mass is 19.1. The summed E-state index contributed by atoms with van der Waals surface area (Å²) in [6, 6.07) is -0.222. The van der Waals surface area contributed by atoms with Gasteiger partial charge in [-0.15, -0.1) is 0 Å². The fourth-order valence-electron chi connectivity index (χ4n) is 1.00. The molecule has 1 aliphatic rings. The summed E-state index contributed by atoms with van der Waals surface area (Å²) in [6.45, 7) is 10.1. The maximum atomic E-state index is 12.3. The molecule has 1 rings (SSSR count). The summed E-state index contributed by atoms with van der Waals surface area (Å²) in [7, 11) is 0. The number of hydrogen-bond donors (Lipinski definition) is 1. The van der Waals surface area contributed by atoms with Crippen molar-refractivity contribution >= 4 is 5.78 Å². The Morgan fingerprint density at radius 1 is 1.43 bits per heavy atom. The Morgan fingerprint density at radius 3 is 2.00 bits per heavy atom. The minimum absolute atomic E-state index is 0.0372. The lowest BCUT2D eigenvalue weighted by atomic mass is 10.1. The van der Waals surface area contributed by atoms with Crippen LogP contribution in [0.4, 0.5) is 4.39 Å². The van der Waals surface area contributed by atoms with E-state index in [2.05, 4.69) is 19.2 Å². The van der Waals surface area contributed by atoms with E-state index in [0.717, 1.165) is 0 Å². The Kier molecular flexibility index (Phi) is 12.2. The Balaban J connectivity index is 0. The molecule has 2 nitrogen and oxygen atoms in total. The molecular weight excluding hydrogens is 181 g/mol. The van der Waals surface area contributed by atoms with Crippen molar-refractivity contribution in [2.75, 3.05) is 6.54 Å². The zero-order valence-corrected chi connectivity index (χ0v) is 10.1. The Bertz CT molecular complexity index is 139. The summed E-state index contributed by atoms with van der Waals surface area (Å²) in [6.07, 6.45) is 0.786. The molecule has 0 bridgehead atoms. The lowest BCUT2D eigenvalue weighted by molar-refractivity contribution is -0.118. The number of Topliss-reactive ketones (excluding diaryl/α,β-unsaturated/α-hetero) is 1. The normalized spacial score (nSPS) is 24.1. The van der Waals surface area contributed by atoms with Crippen molar-refractivity contribution in [3.8, 4) is 0 Å². The zero-order valence-electron chi connectivity index (χ0n) is 10.1. The van der Waals surface area contributed by atoms with Crippen LogP contribution in [0.3, 0.4) is 0 Å². The van der Waals surface area contributed by atoms with E-state index in [1.54, 1.807) is 0 Å². The minimum atomic E-state index is -0.820. The number of hydrogen-bond acceptors (Lipinski definition) is 2. The summed E-state index contributed by atoms with van der Waals surface area (Å²) in [5.41, 5.74) is 0. The smallest absolute Gasteiger partial charge is 0.146 e. The van der Waals surface area contributed by atoms with Gasteiger partial charge in [0.25, 0.3) is 0 Å². The van der Waals surface area contributed by atoms with Crippen molar-refractivity contribution in [1.29, 1.82) is 0 Å². The minimum Gasteiger partial charge on any atom is -0.304 e. The van der Waals surface area contributed by atoms with E-state index in [-0.39, 0.29) is 11.8 Å². The molecule has 0 amide bonds. The lowest BCUT2D eigenvalue weighted by Crippen LogP contribution is -2.28. The summed E-state index contributed by atoms with van der Waals surface area (Å²) >= 11 is 0. The molecular formula is C11H24FNO. The maximum Gasteiger partial charge on any atom is 0.146 e. The van der Waals surface area contributed by atoms with Gasteiger partial charge in [-0.25, -0.2) is 4.39 Å². The predicted octanol–water partition coefficient (Wildman–Crippen LogP) is 2.72. The van der Waals surface area contributed by atoms with Crippen molar-refractivity contribution < 1.29 is 9.18 Å². The lowest BCUT2D eigenvalue weighted by Gasteiger charge is -2.01. The summed E-state index contributed by atoms with van der Waals surface area (Å²) < 4.78 is 12.3. The molecule has 0 aromatic heterocycles. The number of alkyl halides is 1. The maximum absolute atomic E-state index is 12.3. The third-order valence-corrected chi connectivity index (χ3v) is 1.57. The van der Waals surface area contributed by atoms with Crippen LogP contribution in [-0.2, 0) is 4.79 Å². The molecule has 0 radical (unpaired) electrons. The van der Waals surface area contributed by atoms with Crippen LogP contribution in [0.25, 0.3) is 0 Å². The third kappa shape index (κ3) is 8.17. The quantitative estimate of drug-likeness (QED) is 0.713. The van der Waals surface area contributed by atoms with Gasteiger partial charge in [0, 0.05) is 13.0 Å². The van der Waals surface area contributed by atoms with Crippen LogP contribution in [0.2, 0.25) is 0 Å². The van der Waals surface area contributed by atoms with Crippen LogP contribution >= 0.6 is 0 Å². The molecule has 1 heterocycles.